The molecule has 0 aromatic heterocycles. The van der Waals surface area contributed by atoms with Crippen LogP contribution in [0.5, 0.6) is 11.5 Å². The highest BCUT2D eigenvalue weighted by Crippen LogP contribution is 2.31. The lowest BCUT2D eigenvalue weighted by atomic mass is 10.1. The maximum absolute atomic E-state index is 6.18. The monoisotopic (exact) mass is 401 g/mol. The Morgan fingerprint density at radius 2 is 1.88 bits per heavy atom. The van der Waals surface area contributed by atoms with Gasteiger partial charge < -0.3 is 14.2 Å². The van der Waals surface area contributed by atoms with Crippen LogP contribution in [0, 0.1) is 0 Å². The van der Waals surface area contributed by atoms with E-state index in [4.69, 9.17) is 14.2 Å². The lowest BCUT2D eigenvalue weighted by Gasteiger charge is -2.34. The van der Waals surface area contributed by atoms with Gasteiger partial charge in [-0.2, -0.15) is 0 Å². The van der Waals surface area contributed by atoms with E-state index in [9.17, 15) is 0 Å². The lowest BCUT2D eigenvalue weighted by Crippen LogP contribution is -2.45. The number of benzene rings is 2. The smallest absolute Gasteiger partial charge is 0.172 e. The maximum Gasteiger partial charge on any atom is 0.172 e. The van der Waals surface area contributed by atoms with Crippen molar-refractivity contribution in [3.8, 4) is 11.5 Å². The second-order valence-electron chi connectivity index (χ2n) is 6.13. The van der Waals surface area contributed by atoms with Gasteiger partial charge in [0.05, 0.1) is 13.2 Å². The largest absolute Gasteiger partial charge is 0.489 e. The number of hydrogen-bond donors (Lipinski definition) is 0. The Morgan fingerprint density at radius 3 is 2.68 bits per heavy atom. The third kappa shape index (κ3) is 4.06. The third-order valence-electron chi connectivity index (χ3n) is 4.40. The number of rotatable bonds is 4. The fraction of sp³-hybridized carbons (Fsp3) is 0.300. The zero-order valence-corrected chi connectivity index (χ0v) is 15.4. The molecule has 0 aliphatic carbocycles. The van der Waals surface area contributed by atoms with E-state index in [1.54, 1.807) is 0 Å². The average molecular weight is 402 g/mol. The number of morpholine rings is 1. The Hall–Kier alpha value is -1.82. The Balaban J connectivity index is 1.43. The molecule has 2 aliphatic rings. The summed E-state index contributed by atoms with van der Waals surface area (Å²) in [6.07, 6.45) is 4.20. The molecule has 1 unspecified atom stereocenters. The molecule has 25 heavy (non-hydrogen) atoms. The van der Waals surface area contributed by atoms with E-state index in [0.29, 0.717) is 6.61 Å². The van der Waals surface area contributed by atoms with Crippen molar-refractivity contribution in [1.29, 1.82) is 0 Å². The van der Waals surface area contributed by atoms with Crippen LogP contribution in [0.15, 0.2) is 53.0 Å². The normalized spacial score (nSPS) is 20.0. The number of halogens is 1. The highest BCUT2D eigenvalue weighted by molar-refractivity contribution is 9.10. The summed E-state index contributed by atoms with van der Waals surface area (Å²) in [4.78, 5) is 2.29. The van der Waals surface area contributed by atoms with E-state index < -0.39 is 0 Å². The van der Waals surface area contributed by atoms with E-state index in [-0.39, 0.29) is 6.23 Å². The summed E-state index contributed by atoms with van der Waals surface area (Å²) in [6, 6.07) is 14.1. The molecular weight excluding hydrogens is 382 g/mol. The minimum atomic E-state index is -0.0295. The highest BCUT2D eigenvalue weighted by atomic mass is 79.9. The first-order valence-corrected chi connectivity index (χ1v) is 9.25. The van der Waals surface area contributed by atoms with Crippen LogP contribution in [0.1, 0.15) is 11.1 Å². The van der Waals surface area contributed by atoms with Gasteiger partial charge in [0.1, 0.15) is 18.1 Å². The van der Waals surface area contributed by atoms with E-state index in [1.165, 1.54) is 0 Å². The molecule has 2 aliphatic heterocycles. The number of hydrogen-bond acceptors (Lipinski definition) is 4. The Kier molecular flexibility index (Phi) is 5.06. The van der Waals surface area contributed by atoms with Crippen LogP contribution < -0.4 is 9.47 Å². The topological polar surface area (TPSA) is 30.9 Å². The van der Waals surface area contributed by atoms with Gasteiger partial charge in [-0.25, -0.2) is 0 Å². The second-order valence-corrected chi connectivity index (χ2v) is 7.05. The molecule has 2 aromatic carbocycles. The molecule has 130 valence electrons. The summed E-state index contributed by atoms with van der Waals surface area (Å²) >= 11 is 3.45. The van der Waals surface area contributed by atoms with Crippen molar-refractivity contribution in [3.63, 3.8) is 0 Å². The minimum absolute atomic E-state index is 0.0295. The van der Waals surface area contributed by atoms with Crippen molar-refractivity contribution in [3.05, 3.63) is 64.1 Å². The van der Waals surface area contributed by atoms with Crippen LogP contribution in [0.3, 0.4) is 0 Å². The predicted octanol–water partition coefficient (Wildman–Crippen LogP) is 4.09. The van der Waals surface area contributed by atoms with Crippen LogP contribution in [0.2, 0.25) is 0 Å². The fourth-order valence-corrected chi connectivity index (χ4v) is 3.24. The lowest BCUT2D eigenvalue weighted by molar-refractivity contribution is -0.0260. The summed E-state index contributed by atoms with van der Waals surface area (Å²) in [6.45, 7) is 3.84. The van der Waals surface area contributed by atoms with E-state index in [0.717, 1.165) is 53.4 Å². The molecule has 1 fully saturated rings. The van der Waals surface area contributed by atoms with E-state index in [2.05, 4.69) is 45.1 Å². The molecule has 4 nitrogen and oxygen atoms in total. The molecule has 0 N–H and O–H groups in total. The molecule has 0 bridgehead atoms. The SMILES string of the molecule is Brc1ccc(COc2ccc3c(c2)OC(N2CCOCC2)C=C3)cc1. The van der Waals surface area contributed by atoms with Gasteiger partial charge in [-0.3, -0.25) is 4.90 Å². The minimum Gasteiger partial charge on any atom is -0.489 e. The first-order valence-electron chi connectivity index (χ1n) is 8.46. The number of nitrogens with zero attached hydrogens (tertiary/aromatic N) is 1. The summed E-state index contributed by atoms with van der Waals surface area (Å²) in [5.41, 5.74) is 2.22. The second kappa shape index (κ2) is 7.60. The van der Waals surface area contributed by atoms with Crippen LogP contribution >= 0.6 is 15.9 Å². The van der Waals surface area contributed by atoms with Gasteiger partial charge in [-0.15, -0.1) is 0 Å². The molecule has 1 saturated heterocycles. The molecule has 0 saturated carbocycles. The molecule has 0 radical (unpaired) electrons. The van der Waals surface area contributed by atoms with Gasteiger partial charge in [-0.05, 0) is 35.9 Å². The van der Waals surface area contributed by atoms with Crippen molar-refractivity contribution < 1.29 is 14.2 Å². The molecule has 4 rings (SSSR count). The third-order valence-corrected chi connectivity index (χ3v) is 4.93. The predicted molar refractivity (Wildman–Crippen MR) is 101 cm³/mol. The molecule has 0 amide bonds. The van der Waals surface area contributed by atoms with Crippen LogP contribution in [0.4, 0.5) is 0 Å². The molecular formula is C20H20BrNO3. The van der Waals surface area contributed by atoms with Crippen molar-refractivity contribution in [2.24, 2.45) is 0 Å². The first kappa shape index (κ1) is 16.6. The Labute approximate surface area is 156 Å². The van der Waals surface area contributed by atoms with Gasteiger partial charge in [0.15, 0.2) is 6.23 Å². The van der Waals surface area contributed by atoms with Crippen molar-refractivity contribution in [2.45, 2.75) is 12.8 Å². The van der Waals surface area contributed by atoms with Gasteiger partial charge in [0, 0.05) is 29.2 Å². The van der Waals surface area contributed by atoms with Gasteiger partial charge in [-0.1, -0.05) is 34.1 Å². The summed E-state index contributed by atoms with van der Waals surface area (Å²) in [5.74, 6) is 1.69. The number of ether oxygens (including phenoxy) is 3. The standard InChI is InChI=1S/C20H20BrNO3/c21-17-5-1-15(2-6-17)14-24-18-7-3-16-4-8-20(25-19(16)13-18)22-9-11-23-12-10-22/h1-8,13,20H,9-12,14H2. The first-order chi connectivity index (χ1) is 12.3. The molecule has 2 heterocycles. The highest BCUT2D eigenvalue weighted by Gasteiger charge is 2.23. The Bertz CT molecular complexity index is 754. The molecule has 2 aromatic rings. The summed E-state index contributed by atoms with van der Waals surface area (Å²) in [5, 5.41) is 0. The van der Waals surface area contributed by atoms with Gasteiger partial charge in [0.25, 0.3) is 0 Å². The quantitative estimate of drug-likeness (QED) is 0.771. The Morgan fingerprint density at radius 1 is 1.08 bits per heavy atom. The molecule has 0 spiro atoms. The summed E-state index contributed by atoms with van der Waals surface area (Å²) < 4.78 is 18.6. The summed E-state index contributed by atoms with van der Waals surface area (Å²) in [7, 11) is 0. The zero-order valence-electron chi connectivity index (χ0n) is 13.9. The fourth-order valence-electron chi connectivity index (χ4n) is 2.98. The van der Waals surface area contributed by atoms with Crippen LogP contribution in [-0.2, 0) is 11.3 Å². The van der Waals surface area contributed by atoms with Gasteiger partial charge in [0.2, 0.25) is 0 Å². The van der Waals surface area contributed by atoms with Crippen molar-refractivity contribution in [2.75, 3.05) is 26.3 Å². The van der Waals surface area contributed by atoms with Crippen molar-refractivity contribution >= 4 is 22.0 Å². The maximum atomic E-state index is 6.18. The van der Waals surface area contributed by atoms with E-state index in [1.807, 2.05) is 30.3 Å². The molecule has 1 atom stereocenters. The average Bonchev–Trinajstić information content (AvgIpc) is 2.67. The van der Waals surface area contributed by atoms with Gasteiger partial charge >= 0.3 is 0 Å². The number of fused-ring (bicyclic) bond motifs is 1. The van der Waals surface area contributed by atoms with Crippen LogP contribution in [-0.4, -0.2) is 37.4 Å². The van der Waals surface area contributed by atoms with Crippen molar-refractivity contribution in [1.82, 2.24) is 4.90 Å². The van der Waals surface area contributed by atoms with E-state index >= 15 is 0 Å². The zero-order chi connectivity index (χ0) is 17.1. The van der Waals surface area contributed by atoms with Crippen LogP contribution in [0.25, 0.3) is 6.08 Å². The molecule has 5 heteroatoms.